The highest BCUT2D eigenvalue weighted by Gasteiger charge is 2.24. The van der Waals surface area contributed by atoms with Crippen molar-refractivity contribution in [3.8, 4) is 0 Å². The zero-order valence-corrected chi connectivity index (χ0v) is 20.1. The van der Waals surface area contributed by atoms with Crippen molar-refractivity contribution in [3.63, 3.8) is 0 Å². The van der Waals surface area contributed by atoms with E-state index in [1.54, 1.807) is 45.4 Å². The molecule has 2 heterocycles. The molecule has 2 aromatic rings. The van der Waals surface area contributed by atoms with E-state index in [1.807, 2.05) is 6.07 Å². The number of piperidine rings is 1. The number of rotatable bonds is 8. The minimum atomic E-state index is -3.81. The van der Waals surface area contributed by atoms with Gasteiger partial charge in [0.1, 0.15) is 0 Å². The van der Waals surface area contributed by atoms with E-state index in [9.17, 15) is 13.2 Å². The highest BCUT2D eigenvalue weighted by molar-refractivity contribution is 7.89. The largest absolute Gasteiger partial charge is 0.472 e. The van der Waals surface area contributed by atoms with Crippen molar-refractivity contribution in [3.05, 3.63) is 47.9 Å². The van der Waals surface area contributed by atoms with Gasteiger partial charge in [-0.05, 0) is 77.4 Å². The third-order valence-electron chi connectivity index (χ3n) is 5.27. The van der Waals surface area contributed by atoms with Crippen LogP contribution in [0.15, 0.2) is 46.1 Å². The van der Waals surface area contributed by atoms with Crippen LogP contribution in [-0.2, 0) is 16.6 Å². The molecular weight excluding hydrogens is 428 g/mol. The molecule has 9 heteroatoms. The number of hydrogen-bond acceptors (Lipinski definition) is 6. The van der Waals surface area contributed by atoms with Crippen molar-refractivity contribution in [2.24, 2.45) is 5.92 Å². The molecule has 1 aliphatic heterocycles. The monoisotopic (exact) mass is 462 g/mol. The number of furan rings is 1. The van der Waals surface area contributed by atoms with Crippen molar-refractivity contribution in [1.29, 1.82) is 0 Å². The molecule has 1 aromatic carbocycles. The Bertz CT molecular complexity index is 1010. The average molecular weight is 463 g/mol. The van der Waals surface area contributed by atoms with Crippen molar-refractivity contribution in [2.75, 3.05) is 32.0 Å². The van der Waals surface area contributed by atoms with Gasteiger partial charge in [0.05, 0.1) is 17.4 Å². The standard InChI is InChI=1S/C23H34N4O4S/c1-23(2,3)26-32(29,30)21-11-19(10-20(12-21)24-14-18-7-9-31-16-18)22(28)25-13-17-6-5-8-27(4)15-17/h7,9-12,16-17,24,26H,5-6,8,13-15H2,1-4H3,(H,25,28). The SMILES string of the molecule is CN1CCCC(CNC(=O)c2cc(NCc3ccoc3)cc(S(=O)(=O)NC(C)(C)C)c2)C1. The van der Waals surface area contributed by atoms with Crippen LogP contribution in [0.2, 0.25) is 0 Å². The van der Waals surface area contributed by atoms with E-state index in [1.165, 1.54) is 6.07 Å². The summed E-state index contributed by atoms with van der Waals surface area (Å²) in [5.74, 6) is 0.114. The Morgan fingerprint density at radius 1 is 1.25 bits per heavy atom. The molecule has 1 aromatic heterocycles. The number of anilines is 1. The minimum absolute atomic E-state index is 0.0483. The molecule has 0 saturated carbocycles. The maximum Gasteiger partial charge on any atom is 0.251 e. The summed E-state index contributed by atoms with van der Waals surface area (Å²) < 4.78 is 33.7. The zero-order chi connectivity index (χ0) is 23.4. The second-order valence-electron chi connectivity index (χ2n) is 9.57. The van der Waals surface area contributed by atoms with E-state index in [-0.39, 0.29) is 10.8 Å². The Morgan fingerprint density at radius 3 is 2.69 bits per heavy atom. The Labute approximate surface area is 190 Å². The summed E-state index contributed by atoms with van der Waals surface area (Å²) in [7, 11) is -1.72. The predicted octanol–water partition coefficient (Wildman–Crippen LogP) is 3.04. The summed E-state index contributed by atoms with van der Waals surface area (Å²) >= 11 is 0. The van der Waals surface area contributed by atoms with Crippen LogP contribution in [0.25, 0.3) is 0 Å². The quantitative estimate of drug-likeness (QED) is 0.557. The van der Waals surface area contributed by atoms with E-state index < -0.39 is 15.6 Å². The van der Waals surface area contributed by atoms with Gasteiger partial charge in [-0.3, -0.25) is 4.79 Å². The molecule has 3 rings (SSSR count). The fourth-order valence-electron chi connectivity index (χ4n) is 3.83. The van der Waals surface area contributed by atoms with Crippen LogP contribution in [0.5, 0.6) is 0 Å². The van der Waals surface area contributed by atoms with Gasteiger partial charge in [-0.15, -0.1) is 0 Å². The van der Waals surface area contributed by atoms with Gasteiger partial charge in [0.15, 0.2) is 0 Å². The van der Waals surface area contributed by atoms with Crippen LogP contribution in [0.3, 0.4) is 0 Å². The van der Waals surface area contributed by atoms with Crippen LogP contribution in [0.4, 0.5) is 5.69 Å². The molecule has 1 atom stereocenters. The third kappa shape index (κ3) is 7.08. The maximum atomic E-state index is 13.0. The molecule has 0 bridgehead atoms. The first-order chi connectivity index (χ1) is 15.0. The number of benzene rings is 1. The van der Waals surface area contributed by atoms with Gasteiger partial charge in [0.25, 0.3) is 5.91 Å². The predicted molar refractivity (Wildman–Crippen MR) is 125 cm³/mol. The molecule has 0 radical (unpaired) electrons. The smallest absolute Gasteiger partial charge is 0.251 e. The number of carbonyl (C=O) groups excluding carboxylic acids is 1. The Hall–Kier alpha value is -2.36. The first-order valence-electron chi connectivity index (χ1n) is 10.9. The van der Waals surface area contributed by atoms with Crippen molar-refractivity contribution < 1.29 is 17.6 Å². The lowest BCUT2D eigenvalue weighted by molar-refractivity contribution is 0.0936. The van der Waals surface area contributed by atoms with Crippen LogP contribution in [0.1, 0.15) is 49.5 Å². The molecular formula is C23H34N4O4S. The summed E-state index contributed by atoms with van der Waals surface area (Å²) in [4.78, 5) is 15.3. The molecule has 32 heavy (non-hydrogen) atoms. The third-order valence-corrected chi connectivity index (χ3v) is 7.01. The molecule has 176 valence electrons. The second kappa shape index (κ2) is 10.1. The summed E-state index contributed by atoms with van der Waals surface area (Å²) in [6.07, 6.45) is 5.38. The van der Waals surface area contributed by atoms with Gasteiger partial charge in [-0.2, -0.15) is 0 Å². The highest BCUT2D eigenvalue weighted by atomic mass is 32.2. The van der Waals surface area contributed by atoms with E-state index in [0.717, 1.165) is 31.5 Å². The summed E-state index contributed by atoms with van der Waals surface area (Å²) in [6, 6.07) is 6.47. The van der Waals surface area contributed by atoms with Gasteiger partial charge in [-0.25, -0.2) is 13.1 Å². The zero-order valence-electron chi connectivity index (χ0n) is 19.3. The van der Waals surface area contributed by atoms with E-state index >= 15 is 0 Å². The summed E-state index contributed by atoms with van der Waals surface area (Å²) in [5.41, 5.74) is 1.12. The molecule has 0 aliphatic carbocycles. The molecule has 8 nitrogen and oxygen atoms in total. The minimum Gasteiger partial charge on any atom is -0.472 e. The van der Waals surface area contributed by atoms with Gasteiger partial charge >= 0.3 is 0 Å². The molecule has 3 N–H and O–H groups in total. The topological polar surface area (TPSA) is 104 Å². The van der Waals surface area contributed by atoms with Gasteiger partial charge in [0, 0.05) is 42.0 Å². The molecule has 1 amide bonds. The number of nitrogens with one attached hydrogen (secondary N) is 3. The van der Waals surface area contributed by atoms with E-state index in [4.69, 9.17) is 4.42 Å². The number of nitrogens with zero attached hydrogens (tertiary/aromatic N) is 1. The molecule has 0 spiro atoms. The van der Waals surface area contributed by atoms with Crippen LogP contribution in [-0.4, -0.2) is 51.4 Å². The van der Waals surface area contributed by atoms with Crippen LogP contribution < -0.4 is 15.4 Å². The Kier molecular flexibility index (Phi) is 7.63. The number of likely N-dealkylation sites (tertiary alicyclic amines) is 1. The van der Waals surface area contributed by atoms with Gasteiger partial charge in [0.2, 0.25) is 10.0 Å². The highest BCUT2D eigenvalue weighted by Crippen LogP contribution is 2.22. The van der Waals surface area contributed by atoms with Gasteiger partial charge < -0.3 is 20.0 Å². The Balaban J connectivity index is 1.81. The molecule has 1 saturated heterocycles. The number of hydrogen-bond donors (Lipinski definition) is 3. The fraction of sp³-hybridized carbons (Fsp3) is 0.522. The summed E-state index contributed by atoms with van der Waals surface area (Å²) in [6.45, 7) is 8.37. The van der Waals surface area contributed by atoms with Gasteiger partial charge in [-0.1, -0.05) is 0 Å². The van der Waals surface area contributed by atoms with Crippen molar-refractivity contribution >= 4 is 21.6 Å². The number of sulfonamides is 1. The first kappa shape index (κ1) is 24.3. The van der Waals surface area contributed by atoms with E-state index in [0.29, 0.717) is 30.3 Å². The molecule has 1 unspecified atom stereocenters. The van der Waals surface area contributed by atoms with Crippen LogP contribution >= 0.6 is 0 Å². The summed E-state index contributed by atoms with van der Waals surface area (Å²) in [5, 5.41) is 6.18. The lowest BCUT2D eigenvalue weighted by atomic mass is 9.98. The maximum absolute atomic E-state index is 13.0. The Morgan fingerprint density at radius 2 is 2.03 bits per heavy atom. The molecule has 1 aliphatic rings. The second-order valence-corrected chi connectivity index (χ2v) is 11.2. The average Bonchev–Trinajstić information content (AvgIpc) is 3.22. The van der Waals surface area contributed by atoms with Crippen molar-refractivity contribution in [2.45, 2.75) is 50.6 Å². The number of carbonyl (C=O) groups is 1. The molecule has 1 fully saturated rings. The lowest BCUT2D eigenvalue weighted by Crippen LogP contribution is -2.40. The lowest BCUT2D eigenvalue weighted by Gasteiger charge is -2.29. The van der Waals surface area contributed by atoms with Crippen LogP contribution in [0, 0.1) is 5.92 Å². The van der Waals surface area contributed by atoms with Crippen molar-refractivity contribution in [1.82, 2.24) is 14.9 Å². The fourth-order valence-corrected chi connectivity index (χ4v) is 5.31. The normalized spacial score (nSPS) is 17.8. The number of amides is 1. The first-order valence-corrected chi connectivity index (χ1v) is 12.4. The van der Waals surface area contributed by atoms with E-state index in [2.05, 4.69) is 27.3 Å².